The van der Waals surface area contributed by atoms with Crippen LogP contribution in [-0.2, 0) is 0 Å². The van der Waals surface area contributed by atoms with E-state index in [1.807, 2.05) is 26.0 Å². The minimum Gasteiger partial charge on any atom is -0.493 e. The highest BCUT2D eigenvalue weighted by Crippen LogP contribution is 2.44. The summed E-state index contributed by atoms with van der Waals surface area (Å²) in [6, 6.07) is 4.05. The number of benzene rings is 1. The van der Waals surface area contributed by atoms with Crippen molar-refractivity contribution in [3.8, 4) is 11.5 Å². The highest BCUT2D eigenvalue weighted by Gasteiger charge is 2.31. The van der Waals surface area contributed by atoms with E-state index in [1.165, 1.54) is 12.8 Å². The van der Waals surface area contributed by atoms with Crippen molar-refractivity contribution in [3.63, 3.8) is 0 Å². The summed E-state index contributed by atoms with van der Waals surface area (Å²) >= 11 is 3.54. The van der Waals surface area contributed by atoms with E-state index >= 15 is 0 Å². The topological polar surface area (TPSA) is 44.5 Å². The molecule has 0 aliphatic heterocycles. The molecular weight excluding hydrogens is 294 g/mol. The SMILES string of the molecule is CCOc1cc(OCC)c(C(N)C2CC2)cc1Br. The minimum absolute atomic E-state index is 0.0681. The highest BCUT2D eigenvalue weighted by atomic mass is 79.9. The molecule has 1 saturated carbocycles. The maximum atomic E-state index is 6.28. The van der Waals surface area contributed by atoms with Crippen LogP contribution in [0.2, 0.25) is 0 Å². The summed E-state index contributed by atoms with van der Waals surface area (Å²) in [6.45, 7) is 5.22. The van der Waals surface area contributed by atoms with Gasteiger partial charge in [-0.2, -0.15) is 0 Å². The molecule has 3 nitrogen and oxygen atoms in total. The lowest BCUT2D eigenvalue weighted by Gasteiger charge is -2.18. The lowest BCUT2D eigenvalue weighted by molar-refractivity contribution is 0.317. The van der Waals surface area contributed by atoms with E-state index in [-0.39, 0.29) is 6.04 Å². The van der Waals surface area contributed by atoms with Crippen molar-refractivity contribution in [2.45, 2.75) is 32.7 Å². The van der Waals surface area contributed by atoms with Crippen LogP contribution in [0.3, 0.4) is 0 Å². The van der Waals surface area contributed by atoms with Gasteiger partial charge in [-0.3, -0.25) is 0 Å². The first-order valence-electron chi connectivity index (χ1n) is 6.52. The Kier molecular flexibility index (Phi) is 4.51. The maximum absolute atomic E-state index is 6.28. The smallest absolute Gasteiger partial charge is 0.137 e. The molecule has 0 spiro atoms. The summed E-state index contributed by atoms with van der Waals surface area (Å²) in [5, 5.41) is 0. The Hall–Kier alpha value is -0.740. The Labute approximate surface area is 117 Å². The zero-order chi connectivity index (χ0) is 13.1. The molecule has 0 amide bonds. The standard InChI is InChI=1S/C14H20BrNO2/c1-3-17-12-8-13(18-4-2)11(15)7-10(12)14(16)9-5-6-9/h7-9,14H,3-6,16H2,1-2H3. The van der Waals surface area contributed by atoms with Gasteiger partial charge in [0.1, 0.15) is 11.5 Å². The third-order valence-corrected chi connectivity index (χ3v) is 3.77. The molecule has 0 aromatic heterocycles. The fourth-order valence-corrected chi connectivity index (χ4v) is 2.54. The van der Waals surface area contributed by atoms with Crippen LogP contribution < -0.4 is 15.2 Å². The first-order valence-corrected chi connectivity index (χ1v) is 7.31. The second-order valence-electron chi connectivity index (χ2n) is 4.55. The van der Waals surface area contributed by atoms with Gasteiger partial charge in [-0.25, -0.2) is 0 Å². The van der Waals surface area contributed by atoms with Gasteiger partial charge in [0, 0.05) is 17.7 Å². The van der Waals surface area contributed by atoms with Gasteiger partial charge in [-0.05, 0) is 54.6 Å². The predicted molar refractivity (Wildman–Crippen MR) is 76.1 cm³/mol. The molecule has 1 aromatic carbocycles. The van der Waals surface area contributed by atoms with Crippen molar-refractivity contribution in [1.29, 1.82) is 0 Å². The Morgan fingerprint density at radius 2 is 1.83 bits per heavy atom. The van der Waals surface area contributed by atoms with E-state index in [1.54, 1.807) is 0 Å². The maximum Gasteiger partial charge on any atom is 0.137 e. The molecule has 2 rings (SSSR count). The molecule has 4 heteroatoms. The molecule has 1 atom stereocenters. The number of rotatable bonds is 6. The molecule has 0 heterocycles. The zero-order valence-electron chi connectivity index (χ0n) is 10.9. The highest BCUT2D eigenvalue weighted by molar-refractivity contribution is 9.10. The van der Waals surface area contributed by atoms with Crippen LogP contribution in [0, 0.1) is 5.92 Å². The van der Waals surface area contributed by atoms with Crippen molar-refractivity contribution in [2.24, 2.45) is 11.7 Å². The van der Waals surface area contributed by atoms with Crippen LogP contribution >= 0.6 is 15.9 Å². The van der Waals surface area contributed by atoms with Crippen LogP contribution in [-0.4, -0.2) is 13.2 Å². The van der Waals surface area contributed by atoms with Crippen LogP contribution in [0.4, 0.5) is 0 Å². The molecule has 0 saturated heterocycles. The van der Waals surface area contributed by atoms with Crippen molar-refractivity contribution in [2.75, 3.05) is 13.2 Å². The van der Waals surface area contributed by atoms with Crippen LogP contribution in [0.1, 0.15) is 38.3 Å². The summed E-state index contributed by atoms with van der Waals surface area (Å²) in [5.74, 6) is 2.27. The van der Waals surface area contributed by atoms with Gasteiger partial charge in [-0.15, -0.1) is 0 Å². The minimum atomic E-state index is 0.0681. The largest absolute Gasteiger partial charge is 0.493 e. The third-order valence-electron chi connectivity index (χ3n) is 3.15. The number of nitrogens with two attached hydrogens (primary N) is 1. The van der Waals surface area contributed by atoms with E-state index in [2.05, 4.69) is 15.9 Å². The van der Waals surface area contributed by atoms with Gasteiger partial charge in [0.25, 0.3) is 0 Å². The second kappa shape index (κ2) is 5.93. The molecule has 18 heavy (non-hydrogen) atoms. The lowest BCUT2D eigenvalue weighted by atomic mass is 10.0. The predicted octanol–water partition coefficient (Wildman–Crippen LogP) is 3.66. The second-order valence-corrected chi connectivity index (χ2v) is 5.40. The first kappa shape index (κ1) is 13.7. The van der Waals surface area contributed by atoms with Gasteiger partial charge < -0.3 is 15.2 Å². The van der Waals surface area contributed by atoms with Crippen molar-refractivity contribution in [1.82, 2.24) is 0 Å². The molecule has 100 valence electrons. The van der Waals surface area contributed by atoms with Crippen molar-refractivity contribution >= 4 is 15.9 Å². The van der Waals surface area contributed by atoms with Crippen LogP contribution in [0.25, 0.3) is 0 Å². The molecular formula is C14H20BrNO2. The summed E-state index contributed by atoms with van der Waals surface area (Å²) in [6.07, 6.45) is 2.44. The number of ether oxygens (including phenoxy) is 2. The normalized spacial score (nSPS) is 16.4. The van der Waals surface area contributed by atoms with E-state index < -0.39 is 0 Å². The van der Waals surface area contributed by atoms with E-state index in [9.17, 15) is 0 Å². The van der Waals surface area contributed by atoms with E-state index in [0.29, 0.717) is 19.1 Å². The van der Waals surface area contributed by atoms with E-state index in [4.69, 9.17) is 15.2 Å². The molecule has 1 unspecified atom stereocenters. The lowest BCUT2D eigenvalue weighted by Crippen LogP contribution is -2.14. The zero-order valence-corrected chi connectivity index (χ0v) is 12.5. The molecule has 1 aliphatic carbocycles. The van der Waals surface area contributed by atoms with Gasteiger partial charge in [0.05, 0.1) is 17.7 Å². The van der Waals surface area contributed by atoms with Crippen LogP contribution in [0.15, 0.2) is 16.6 Å². The van der Waals surface area contributed by atoms with E-state index in [0.717, 1.165) is 21.5 Å². The number of hydrogen-bond donors (Lipinski definition) is 1. The monoisotopic (exact) mass is 313 g/mol. The third kappa shape index (κ3) is 2.98. The Morgan fingerprint density at radius 3 is 2.39 bits per heavy atom. The summed E-state index contributed by atoms with van der Waals surface area (Å²) in [5.41, 5.74) is 7.36. The number of hydrogen-bond acceptors (Lipinski definition) is 3. The molecule has 2 N–H and O–H groups in total. The Morgan fingerprint density at radius 1 is 1.22 bits per heavy atom. The molecule has 0 bridgehead atoms. The van der Waals surface area contributed by atoms with Crippen molar-refractivity contribution < 1.29 is 9.47 Å². The van der Waals surface area contributed by atoms with Gasteiger partial charge in [-0.1, -0.05) is 0 Å². The molecule has 1 aliphatic rings. The Bertz CT molecular complexity index is 419. The summed E-state index contributed by atoms with van der Waals surface area (Å²) in [4.78, 5) is 0. The summed E-state index contributed by atoms with van der Waals surface area (Å²) < 4.78 is 12.2. The quantitative estimate of drug-likeness (QED) is 0.871. The van der Waals surface area contributed by atoms with Gasteiger partial charge >= 0.3 is 0 Å². The Balaban J connectivity index is 2.33. The van der Waals surface area contributed by atoms with Gasteiger partial charge in [0.15, 0.2) is 0 Å². The van der Waals surface area contributed by atoms with Gasteiger partial charge in [0.2, 0.25) is 0 Å². The molecule has 0 radical (unpaired) electrons. The summed E-state index contributed by atoms with van der Waals surface area (Å²) in [7, 11) is 0. The molecule has 1 fully saturated rings. The molecule has 1 aromatic rings. The first-order chi connectivity index (χ1) is 8.67. The average molecular weight is 314 g/mol. The number of halogens is 1. The van der Waals surface area contributed by atoms with Crippen molar-refractivity contribution in [3.05, 3.63) is 22.2 Å². The van der Waals surface area contributed by atoms with Crippen LogP contribution in [0.5, 0.6) is 11.5 Å². The fraction of sp³-hybridized carbons (Fsp3) is 0.571. The fourth-order valence-electron chi connectivity index (χ4n) is 2.07. The average Bonchev–Trinajstić information content (AvgIpc) is 3.17.